The van der Waals surface area contributed by atoms with Crippen LogP contribution in [-0.2, 0) is 16.2 Å². The van der Waals surface area contributed by atoms with Crippen LogP contribution in [0.25, 0.3) is 0 Å². The number of amides is 1. The van der Waals surface area contributed by atoms with Crippen LogP contribution in [-0.4, -0.2) is 44.0 Å². The summed E-state index contributed by atoms with van der Waals surface area (Å²) in [6, 6.07) is 3.84. The molecule has 2 rings (SSSR count). The van der Waals surface area contributed by atoms with Crippen molar-refractivity contribution < 1.29 is 26.4 Å². The third kappa shape index (κ3) is 5.43. The predicted molar refractivity (Wildman–Crippen MR) is 87.6 cm³/mol. The second-order valence-corrected chi connectivity index (χ2v) is 8.08. The molecule has 9 heteroatoms. The van der Waals surface area contributed by atoms with E-state index < -0.39 is 27.7 Å². The van der Waals surface area contributed by atoms with E-state index in [1.165, 1.54) is 4.31 Å². The second-order valence-electron chi connectivity index (χ2n) is 6.14. The minimum Gasteiger partial charge on any atom is -0.351 e. The predicted octanol–water partition coefficient (Wildman–Crippen LogP) is 2.64. The molecule has 0 bridgehead atoms. The van der Waals surface area contributed by atoms with Gasteiger partial charge in [0, 0.05) is 24.7 Å². The van der Waals surface area contributed by atoms with Crippen LogP contribution < -0.4 is 5.32 Å². The van der Waals surface area contributed by atoms with E-state index in [0.717, 1.165) is 56.2 Å². The number of hydrogen-bond donors (Lipinski definition) is 1. The number of carbonyl (C=O) groups excluding carboxylic acids is 1. The summed E-state index contributed by atoms with van der Waals surface area (Å²) < 4.78 is 62.7. The van der Waals surface area contributed by atoms with Gasteiger partial charge in [0.2, 0.25) is 10.0 Å². The van der Waals surface area contributed by atoms with Gasteiger partial charge in [0.15, 0.2) is 0 Å². The maximum absolute atomic E-state index is 12.5. The molecule has 1 amide bonds. The number of carbonyl (C=O) groups is 1. The monoisotopic (exact) mass is 378 g/mol. The molecule has 1 aliphatic rings. The van der Waals surface area contributed by atoms with Crippen molar-refractivity contribution >= 4 is 15.9 Å². The van der Waals surface area contributed by atoms with E-state index in [9.17, 15) is 26.4 Å². The smallest absolute Gasteiger partial charge is 0.351 e. The molecular formula is C16H21F3N2O3S. The van der Waals surface area contributed by atoms with Crippen LogP contribution in [0.2, 0.25) is 0 Å². The molecule has 140 valence electrons. The summed E-state index contributed by atoms with van der Waals surface area (Å²) in [6.07, 6.45) is 0.262. The molecule has 0 spiro atoms. The third-order valence-corrected chi connectivity index (χ3v) is 5.58. The lowest BCUT2D eigenvalue weighted by atomic mass is 10.1. The number of nitrogens with zero attached hydrogens (tertiary/aromatic N) is 1. The van der Waals surface area contributed by atoms with Crippen molar-refractivity contribution in [2.24, 2.45) is 0 Å². The van der Waals surface area contributed by atoms with E-state index in [1.54, 1.807) is 0 Å². The van der Waals surface area contributed by atoms with Gasteiger partial charge in [-0.3, -0.25) is 4.79 Å². The van der Waals surface area contributed by atoms with Crippen molar-refractivity contribution in [1.82, 2.24) is 9.62 Å². The average molecular weight is 378 g/mol. The van der Waals surface area contributed by atoms with Gasteiger partial charge in [-0.25, -0.2) is 8.42 Å². The normalized spacial score (nSPS) is 16.4. The van der Waals surface area contributed by atoms with Crippen LogP contribution in [0.5, 0.6) is 0 Å². The molecule has 1 N–H and O–H groups in total. The van der Waals surface area contributed by atoms with Gasteiger partial charge in [-0.1, -0.05) is 12.8 Å². The highest BCUT2D eigenvalue weighted by atomic mass is 32.2. The average Bonchev–Trinajstić information content (AvgIpc) is 3.03. The van der Waals surface area contributed by atoms with Gasteiger partial charge in [0.1, 0.15) is 0 Å². The highest BCUT2D eigenvalue weighted by molar-refractivity contribution is 7.88. The lowest BCUT2D eigenvalue weighted by Gasteiger charge is -2.26. The Labute approximate surface area is 145 Å². The number of benzene rings is 1. The number of halogens is 3. The molecule has 5 nitrogen and oxygen atoms in total. The number of hydrogen-bond acceptors (Lipinski definition) is 3. The van der Waals surface area contributed by atoms with Crippen molar-refractivity contribution in [3.8, 4) is 0 Å². The van der Waals surface area contributed by atoms with E-state index in [0.29, 0.717) is 0 Å². The van der Waals surface area contributed by atoms with Crippen LogP contribution in [0.3, 0.4) is 0 Å². The summed E-state index contributed by atoms with van der Waals surface area (Å²) in [5.41, 5.74) is -0.728. The highest BCUT2D eigenvalue weighted by Crippen LogP contribution is 2.29. The zero-order valence-electron chi connectivity index (χ0n) is 13.8. The maximum atomic E-state index is 12.5. The summed E-state index contributed by atoms with van der Waals surface area (Å²) in [6.45, 7) is 0.249. The molecule has 1 aromatic rings. The molecule has 1 aromatic carbocycles. The molecule has 0 atom stereocenters. The summed E-state index contributed by atoms with van der Waals surface area (Å²) in [7, 11) is -3.38. The Balaban J connectivity index is 1.92. The lowest BCUT2D eigenvalue weighted by molar-refractivity contribution is -0.137. The zero-order chi connectivity index (χ0) is 18.7. The molecule has 0 aromatic heterocycles. The van der Waals surface area contributed by atoms with Gasteiger partial charge >= 0.3 is 6.18 Å². The van der Waals surface area contributed by atoms with E-state index in [2.05, 4.69) is 5.32 Å². The molecular weight excluding hydrogens is 357 g/mol. The topological polar surface area (TPSA) is 66.5 Å². The second kappa shape index (κ2) is 7.74. The van der Waals surface area contributed by atoms with Crippen LogP contribution in [0, 0.1) is 0 Å². The van der Waals surface area contributed by atoms with Crippen LogP contribution in [0.15, 0.2) is 24.3 Å². The molecule has 0 heterocycles. The van der Waals surface area contributed by atoms with Crippen LogP contribution >= 0.6 is 0 Å². The summed E-state index contributed by atoms with van der Waals surface area (Å²) in [5.74, 6) is -0.534. The standard InChI is InChI=1S/C16H21F3N2O3S/c1-25(23,24)21(14-4-2-3-5-14)11-10-20-15(22)12-6-8-13(9-7-12)16(17,18)19/h6-9,14H,2-5,10-11H2,1H3,(H,20,22). The Kier molecular flexibility index (Phi) is 6.10. The van der Waals surface area contributed by atoms with Gasteiger partial charge in [-0.05, 0) is 37.1 Å². The van der Waals surface area contributed by atoms with E-state index in [-0.39, 0.29) is 24.7 Å². The van der Waals surface area contributed by atoms with E-state index >= 15 is 0 Å². The van der Waals surface area contributed by atoms with E-state index in [4.69, 9.17) is 0 Å². The summed E-state index contributed by atoms with van der Waals surface area (Å²) in [5, 5.41) is 2.56. The van der Waals surface area contributed by atoms with Crippen molar-refractivity contribution in [3.05, 3.63) is 35.4 Å². The molecule has 25 heavy (non-hydrogen) atoms. The van der Waals surface area contributed by atoms with Gasteiger partial charge in [-0.2, -0.15) is 17.5 Å². The highest BCUT2D eigenvalue weighted by Gasteiger charge is 2.30. The molecule has 1 saturated carbocycles. The minimum absolute atomic E-state index is 0.0435. The zero-order valence-corrected chi connectivity index (χ0v) is 14.7. The minimum atomic E-state index is -4.45. The number of sulfonamides is 1. The Morgan fingerprint density at radius 3 is 2.24 bits per heavy atom. The third-order valence-electron chi connectivity index (χ3n) is 4.25. The first-order chi connectivity index (χ1) is 11.6. The molecule has 0 saturated heterocycles. The first kappa shape index (κ1) is 19.7. The van der Waals surface area contributed by atoms with Crippen molar-refractivity contribution in [3.63, 3.8) is 0 Å². The van der Waals surface area contributed by atoms with Crippen LogP contribution in [0.4, 0.5) is 13.2 Å². The Bertz CT molecular complexity index is 696. The van der Waals surface area contributed by atoms with Gasteiger partial charge in [0.05, 0.1) is 11.8 Å². The molecule has 1 fully saturated rings. The molecule has 0 aliphatic heterocycles. The summed E-state index contributed by atoms with van der Waals surface area (Å²) in [4.78, 5) is 12.0. The van der Waals surface area contributed by atoms with Gasteiger partial charge in [-0.15, -0.1) is 0 Å². The van der Waals surface area contributed by atoms with Crippen LogP contribution in [0.1, 0.15) is 41.6 Å². The first-order valence-electron chi connectivity index (χ1n) is 8.01. The molecule has 0 radical (unpaired) electrons. The number of nitrogens with one attached hydrogen (secondary N) is 1. The maximum Gasteiger partial charge on any atom is 0.416 e. The Hall–Kier alpha value is -1.61. The van der Waals surface area contributed by atoms with E-state index in [1.807, 2.05) is 0 Å². The van der Waals surface area contributed by atoms with Crippen molar-refractivity contribution in [1.29, 1.82) is 0 Å². The SMILES string of the molecule is CS(=O)(=O)N(CCNC(=O)c1ccc(C(F)(F)F)cc1)C1CCCC1. The fourth-order valence-electron chi connectivity index (χ4n) is 3.00. The summed E-state index contributed by atoms with van der Waals surface area (Å²) >= 11 is 0. The first-order valence-corrected chi connectivity index (χ1v) is 9.86. The Morgan fingerprint density at radius 1 is 1.20 bits per heavy atom. The van der Waals surface area contributed by atoms with Gasteiger partial charge < -0.3 is 5.32 Å². The lowest BCUT2D eigenvalue weighted by Crippen LogP contribution is -2.43. The fourth-order valence-corrected chi connectivity index (χ4v) is 4.18. The molecule has 0 unspecified atom stereocenters. The number of alkyl halides is 3. The Morgan fingerprint density at radius 2 is 1.76 bits per heavy atom. The largest absolute Gasteiger partial charge is 0.416 e. The van der Waals surface area contributed by atoms with Crippen molar-refractivity contribution in [2.45, 2.75) is 37.9 Å². The quantitative estimate of drug-likeness (QED) is 0.828. The number of rotatable bonds is 6. The fraction of sp³-hybridized carbons (Fsp3) is 0.562. The van der Waals surface area contributed by atoms with Crippen molar-refractivity contribution in [2.75, 3.05) is 19.3 Å². The molecule has 1 aliphatic carbocycles. The van der Waals surface area contributed by atoms with Gasteiger partial charge in [0.25, 0.3) is 5.91 Å².